The highest BCUT2D eigenvalue weighted by atomic mass is 32.1. The number of aryl methyl sites for hydroxylation is 1. The average Bonchev–Trinajstić information content (AvgIpc) is 2.84. The van der Waals surface area contributed by atoms with E-state index in [4.69, 9.17) is 0 Å². The van der Waals surface area contributed by atoms with Gasteiger partial charge < -0.3 is 4.79 Å². The number of aldehydes is 1. The van der Waals surface area contributed by atoms with Crippen LogP contribution in [0, 0.1) is 0 Å². The summed E-state index contributed by atoms with van der Waals surface area (Å²) in [6.45, 7) is 6.63. The second-order valence-electron chi connectivity index (χ2n) is 5.66. The minimum absolute atomic E-state index is 0.176. The molecule has 100 valence electrons. The number of carbonyl (C=O) groups is 1. The van der Waals surface area contributed by atoms with Crippen molar-refractivity contribution in [2.75, 3.05) is 0 Å². The van der Waals surface area contributed by atoms with Gasteiger partial charge >= 0.3 is 0 Å². The Bertz CT molecular complexity index is 549. The zero-order chi connectivity index (χ0) is 13.9. The van der Waals surface area contributed by atoms with E-state index in [-0.39, 0.29) is 5.41 Å². The van der Waals surface area contributed by atoms with Crippen LogP contribution in [-0.4, -0.2) is 11.3 Å². The molecule has 0 saturated heterocycles. The summed E-state index contributed by atoms with van der Waals surface area (Å²) in [5.41, 5.74) is 3.65. The maximum absolute atomic E-state index is 10.4. The Morgan fingerprint density at radius 1 is 1.21 bits per heavy atom. The van der Waals surface area contributed by atoms with Gasteiger partial charge in [-0.2, -0.15) is 0 Å². The van der Waals surface area contributed by atoms with Crippen molar-refractivity contribution in [3.8, 4) is 11.3 Å². The maximum atomic E-state index is 10.4. The first-order valence-corrected chi connectivity index (χ1v) is 7.37. The number of nitrogens with zero attached hydrogens (tertiary/aromatic N) is 1. The SMILES string of the molecule is CC(C)(C)c1ccc(-c2csc(CCC=O)n2)cc1. The molecule has 0 fully saturated rings. The predicted molar refractivity (Wildman–Crippen MR) is 80.6 cm³/mol. The van der Waals surface area contributed by atoms with Gasteiger partial charge in [-0.05, 0) is 11.0 Å². The molecular weight excluding hydrogens is 254 g/mol. The molecule has 2 aromatic rings. The van der Waals surface area contributed by atoms with Crippen molar-refractivity contribution < 1.29 is 4.79 Å². The second-order valence-corrected chi connectivity index (χ2v) is 6.60. The molecule has 0 amide bonds. The van der Waals surface area contributed by atoms with Crippen LogP contribution in [0.5, 0.6) is 0 Å². The fraction of sp³-hybridized carbons (Fsp3) is 0.375. The standard InChI is InChI=1S/C16H19NOS/c1-16(2,3)13-8-6-12(7-9-13)14-11-19-15(17-14)5-4-10-18/h6-11H,4-5H2,1-3H3. The van der Waals surface area contributed by atoms with E-state index in [0.29, 0.717) is 6.42 Å². The summed E-state index contributed by atoms with van der Waals surface area (Å²) in [7, 11) is 0. The molecule has 0 saturated carbocycles. The van der Waals surface area contributed by atoms with Gasteiger partial charge in [0.05, 0.1) is 10.7 Å². The van der Waals surface area contributed by atoms with Gasteiger partial charge in [0.25, 0.3) is 0 Å². The lowest BCUT2D eigenvalue weighted by Gasteiger charge is -2.18. The summed E-state index contributed by atoms with van der Waals surface area (Å²) < 4.78 is 0. The summed E-state index contributed by atoms with van der Waals surface area (Å²) in [4.78, 5) is 14.9. The Hall–Kier alpha value is -1.48. The van der Waals surface area contributed by atoms with Crippen LogP contribution < -0.4 is 0 Å². The maximum Gasteiger partial charge on any atom is 0.120 e. The van der Waals surface area contributed by atoms with Gasteiger partial charge in [-0.15, -0.1) is 11.3 Å². The molecule has 0 atom stereocenters. The van der Waals surface area contributed by atoms with Crippen LogP contribution in [0.1, 0.15) is 37.8 Å². The first-order valence-electron chi connectivity index (χ1n) is 6.49. The van der Waals surface area contributed by atoms with Crippen molar-refractivity contribution >= 4 is 17.6 Å². The highest BCUT2D eigenvalue weighted by Crippen LogP contribution is 2.27. The summed E-state index contributed by atoms with van der Waals surface area (Å²) in [5.74, 6) is 0. The van der Waals surface area contributed by atoms with Gasteiger partial charge in [0.2, 0.25) is 0 Å². The van der Waals surface area contributed by atoms with Crippen LogP contribution in [0.2, 0.25) is 0 Å². The normalized spacial score (nSPS) is 11.5. The van der Waals surface area contributed by atoms with Gasteiger partial charge in [-0.1, -0.05) is 45.0 Å². The first kappa shape index (κ1) is 13.9. The van der Waals surface area contributed by atoms with Crippen molar-refractivity contribution in [3.63, 3.8) is 0 Å². The lowest BCUT2D eigenvalue weighted by molar-refractivity contribution is -0.107. The van der Waals surface area contributed by atoms with Crippen LogP contribution in [0.3, 0.4) is 0 Å². The topological polar surface area (TPSA) is 30.0 Å². The Labute approximate surface area is 118 Å². The van der Waals surface area contributed by atoms with Gasteiger partial charge in [-0.25, -0.2) is 4.98 Å². The van der Waals surface area contributed by atoms with Gasteiger partial charge in [0, 0.05) is 23.8 Å². The summed E-state index contributed by atoms with van der Waals surface area (Å²) in [5, 5.41) is 3.09. The van der Waals surface area contributed by atoms with Crippen molar-refractivity contribution in [1.29, 1.82) is 0 Å². The highest BCUT2D eigenvalue weighted by molar-refractivity contribution is 7.09. The summed E-state index contributed by atoms with van der Waals surface area (Å²) >= 11 is 1.62. The monoisotopic (exact) mass is 273 g/mol. The van der Waals surface area contributed by atoms with E-state index in [1.807, 2.05) is 0 Å². The number of rotatable bonds is 4. The molecule has 3 heteroatoms. The highest BCUT2D eigenvalue weighted by Gasteiger charge is 2.13. The third-order valence-corrected chi connectivity index (χ3v) is 3.98. The zero-order valence-electron chi connectivity index (χ0n) is 11.6. The molecule has 0 unspecified atom stereocenters. The lowest BCUT2D eigenvalue weighted by Crippen LogP contribution is -2.10. The van der Waals surface area contributed by atoms with E-state index in [2.05, 4.69) is 55.4 Å². The van der Waals surface area contributed by atoms with Crippen molar-refractivity contribution in [2.45, 2.75) is 39.0 Å². The molecule has 1 aromatic carbocycles. The molecular formula is C16H19NOS. The largest absolute Gasteiger partial charge is 0.303 e. The minimum atomic E-state index is 0.176. The molecule has 1 heterocycles. The predicted octanol–water partition coefficient (Wildman–Crippen LogP) is 4.24. The fourth-order valence-electron chi connectivity index (χ4n) is 1.88. The molecule has 2 nitrogen and oxygen atoms in total. The Morgan fingerprint density at radius 3 is 2.47 bits per heavy atom. The molecule has 0 N–H and O–H groups in total. The number of carbonyl (C=O) groups excluding carboxylic acids is 1. The van der Waals surface area contributed by atoms with Gasteiger partial charge in [0.1, 0.15) is 6.29 Å². The van der Waals surface area contributed by atoms with E-state index in [9.17, 15) is 4.79 Å². The molecule has 0 aliphatic carbocycles. The lowest BCUT2D eigenvalue weighted by atomic mass is 9.86. The molecule has 0 radical (unpaired) electrons. The number of hydrogen-bond donors (Lipinski definition) is 0. The van der Waals surface area contributed by atoms with E-state index in [1.54, 1.807) is 11.3 Å². The van der Waals surface area contributed by atoms with Crippen molar-refractivity contribution in [1.82, 2.24) is 4.98 Å². The van der Waals surface area contributed by atoms with Gasteiger partial charge in [0.15, 0.2) is 0 Å². The molecule has 1 aromatic heterocycles. The average molecular weight is 273 g/mol. The number of thiazole rings is 1. The van der Waals surface area contributed by atoms with Crippen LogP contribution >= 0.6 is 11.3 Å². The van der Waals surface area contributed by atoms with Crippen molar-refractivity contribution in [2.24, 2.45) is 0 Å². The molecule has 0 aliphatic heterocycles. The number of benzene rings is 1. The van der Waals surface area contributed by atoms with Crippen LogP contribution in [0.4, 0.5) is 0 Å². The van der Waals surface area contributed by atoms with E-state index >= 15 is 0 Å². The minimum Gasteiger partial charge on any atom is -0.303 e. The quantitative estimate of drug-likeness (QED) is 0.780. The molecule has 19 heavy (non-hydrogen) atoms. The Balaban J connectivity index is 2.18. The molecule has 0 aliphatic rings. The van der Waals surface area contributed by atoms with E-state index < -0.39 is 0 Å². The van der Waals surface area contributed by atoms with Crippen LogP contribution in [-0.2, 0) is 16.6 Å². The van der Waals surface area contributed by atoms with E-state index in [1.165, 1.54) is 5.56 Å². The molecule has 0 bridgehead atoms. The molecule has 2 rings (SSSR count). The number of aromatic nitrogens is 1. The van der Waals surface area contributed by atoms with Gasteiger partial charge in [-0.3, -0.25) is 0 Å². The van der Waals surface area contributed by atoms with E-state index in [0.717, 1.165) is 29.0 Å². The molecule has 0 spiro atoms. The summed E-state index contributed by atoms with van der Waals surface area (Å²) in [6, 6.07) is 8.58. The fourth-order valence-corrected chi connectivity index (χ4v) is 2.70. The smallest absolute Gasteiger partial charge is 0.120 e. The van der Waals surface area contributed by atoms with Crippen molar-refractivity contribution in [3.05, 3.63) is 40.2 Å². The number of hydrogen-bond acceptors (Lipinski definition) is 3. The van der Waals surface area contributed by atoms with Crippen LogP contribution in [0.15, 0.2) is 29.6 Å². The second kappa shape index (κ2) is 5.66. The summed E-state index contributed by atoms with van der Waals surface area (Å²) in [6.07, 6.45) is 2.24. The first-order chi connectivity index (χ1) is 9.00. The third-order valence-electron chi connectivity index (χ3n) is 3.07. The Kier molecular flexibility index (Phi) is 4.15. The zero-order valence-corrected chi connectivity index (χ0v) is 12.5. The Morgan fingerprint density at radius 2 is 1.89 bits per heavy atom. The van der Waals surface area contributed by atoms with Crippen LogP contribution in [0.25, 0.3) is 11.3 Å². The third kappa shape index (κ3) is 3.51.